The maximum absolute atomic E-state index is 13.1. The average Bonchev–Trinajstić information content (AvgIpc) is 4.21. The Labute approximate surface area is 429 Å². The van der Waals surface area contributed by atoms with Gasteiger partial charge in [0.1, 0.15) is 59.7 Å². The van der Waals surface area contributed by atoms with Gasteiger partial charge in [-0.2, -0.15) is 0 Å². The lowest BCUT2D eigenvalue weighted by atomic mass is 10.2. The fourth-order valence-electron chi connectivity index (χ4n) is 7.12. The number of nitrogen functional groups attached to an aromatic ring is 1. The molecule has 8 rings (SSSR count). The highest BCUT2D eigenvalue weighted by Crippen LogP contribution is 2.20. The molecule has 20 heteroatoms. The van der Waals surface area contributed by atoms with E-state index in [1.54, 1.807) is 73.6 Å². The zero-order valence-corrected chi connectivity index (χ0v) is 41.7. The molecule has 3 aromatic carbocycles. The number of halogens is 2. The molecule has 2 amide bonds. The van der Waals surface area contributed by atoms with Crippen molar-refractivity contribution in [2.45, 2.75) is 19.8 Å². The number of aryl methyl sites for hydroxylation is 3. The van der Waals surface area contributed by atoms with Crippen molar-refractivity contribution in [1.82, 2.24) is 22.8 Å². The number of nitrogens with one attached hydrogen (secondary N) is 2. The number of hydrogen-bond acceptors (Lipinski definition) is 11. The van der Waals surface area contributed by atoms with Crippen LogP contribution in [0, 0.1) is 0 Å². The van der Waals surface area contributed by atoms with Gasteiger partial charge in [0.25, 0.3) is 22.3 Å². The molecule has 376 valence electrons. The summed E-state index contributed by atoms with van der Waals surface area (Å²) in [5.74, 6) is -2.35. The lowest BCUT2D eigenvalue weighted by Gasteiger charge is -2.08. The van der Waals surface area contributed by atoms with E-state index in [2.05, 4.69) is 10.6 Å². The highest BCUT2D eigenvalue weighted by Gasteiger charge is 2.22. The molecule has 0 spiro atoms. The minimum Gasteiger partial charge on any atom is -0.456 e. The number of aromatic nitrogens is 5. The van der Waals surface area contributed by atoms with E-state index >= 15 is 0 Å². The molecule has 8 aromatic rings. The normalized spacial score (nSPS) is 10.5. The molecule has 4 N–H and O–H groups in total. The van der Waals surface area contributed by atoms with Crippen LogP contribution in [0.3, 0.4) is 0 Å². The number of benzene rings is 3. The van der Waals surface area contributed by atoms with Crippen LogP contribution in [0.2, 0.25) is 0 Å². The van der Waals surface area contributed by atoms with Crippen molar-refractivity contribution in [3.8, 4) is 0 Å². The number of ether oxygens (including phenoxy) is 3. The molecule has 0 aliphatic rings. The van der Waals surface area contributed by atoms with Crippen molar-refractivity contribution in [1.29, 1.82) is 0 Å². The number of esters is 3. The molecule has 5 heterocycles. The van der Waals surface area contributed by atoms with E-state index < -0.39 is 34.2 Å². The van der Waals surface area contributed by atoms with Crippen molar-refractivity contribution in [2.75, 3.05) is 16.4 Å². The van der Waals surface area contributed by atoms with Gasteiger partial charge < -0.3 is 53.4 Å². The Morgan fingerprint density at radius 2 is 0.726 bits per heavy atom. The Balaban J connectivity index is 0.000000242. The Morgan fingerprint density at radius 3 is 1.03 bits per heavy atom. The van der Waals surface area contributed by atoms with E-state index in [0.717, 1.165) is 16.7 Å². The standard InChI is InChI=1S/C33H31N5O6.C13H14N2O2.C7H5Cl2NO2/c1-36-18-24(16-28(36)32(41)43-20-22-10-6-4-7-11-22)34-30(39)26-14-15-27(38(26)3)31(40)35-25-17-29(37(2)19-25)33(42)44-21-23-12-8-5-9-13-23;1-15-8-11(14)7-12(15)13(16)17-9-10-5-3-2-4-6-10;1-10-4(6(8)11)2-3-5(10)7(9)12/h4-19H,20-21H2,1-3H3,(H,34,39)(H,35,40);2-8H,9,14H2,1H3;2-3H,1H3. The van der Waals surface area contributed by atoms with Gasteiger partial charge in [0.05, 0.1) is 17.1 Å². The number of amides is 2. The number of rotatable bonds is 15. The molecule has 0 atom stereocenters. The van der Waals surface area contributed by atoms with E-state index in [1.807, 2.05) is 91.0 Å². The number of carbonyl (C=O) groups excluding carboxylic acids is 7. The average molecular weight is 1030 g/mol. The molecule has 73 heavy (non-hydrogen) atoms. The van der Waals surface area contributed by atoms with E-state index in [9.17, 15) is 33.6 Å². The maximum Gasteiger partial charge on any atom is 0.355 e. The number of nitrogens with zero attached hydrogens (tertiary/aromatic N) is 5. The predicted molar refractivity (Wildman–Crippen MR) is 274 cm³/mol. The van der Waals surface area contributed by atoms with Crippen molar-refractivity contribution >= 4 is 80.5 Å². The SMILES string of the molecule is Cn1c(C(=O)Cl)ccc1C(=O)Cl.Cn1cc(N)cc1C(=O)OCc1ccccc1.Cn1cc(NC(=O)c2ccc(C(=O)Nc3cc(C(=O)OCc4ccccc4)n(C)c3)n2C)cc1C(=O)OCc1ccccc1. The number of nitrogens with two attached hydrogens (primary N) is 1. The second kappa shape index (κ2) is 24.8. The molecular formula is C53H50Cl2N8O10. The zero-order chi connectivity index (χ0) is 52.8. The Kier molecular flexibility index (Phi) is 18.2. The van der Waals surface area contributed by atoms with E-state index in [-0.39, 0.29) is 60.0 Å². The van der Waals surface area contributed by atoms with Crippen LogP contribution in [-0.4, -0.2) is 63.0 Å². The first-order valence-corrected chi connectivity index (χ1v) is 22.9. The fourth-order valence-corrected chi connectivity index (χ4v) is 7.50. The van der Waals surface area contributed by atoms with Crippen LogP contribution in [0.15, 0.2) is 152 Å². The predicted octanol–water partition coefficient (Wildman–Crippen LogP) is 8.67. The number of anilines is 3. The van der Waals surface area contributed by atoms with Crippen LogP contribution >= 0.6 is 23.2 Å². The van der Waals surface area contributed by atoms with Gasteiger partial charge in [0.2, 0.25) is 0 Å². The van der Waals surface area contributed by atoms with Gasteiger partial charge in [-0.05, 0) is 82.4 Å². The maximum atomic E-state index is 13.1. The summed E-state index contributed by atoms with van der Waals surface area (Å²) < 4.78 is 23.6. The van der Waals surface area contributed by atoms with Gasteiger partial charge in [-0.3, -0.25) is 19.2 Å². The number of hydrogen-bond donors (Lipinski definition) is 3. The van der Waals surface area contributed by atoms with Gasteiger partial charge in [-0.15, -0.1) is 0 Å². The smallest absolute Gasteiger partial charge is 0.355 e. The molecule has 0 aliphatic heterocycles. The molecule has 0 aliphatic carbocycles. The van der Waals surface area contributed by atoms with Gasteiger partial charge in [-0.1, -0.05) is 91.0 Å². The first-order chi connectivity index (χ1) is 34.9. The lowest BCUT2D eigenvalue weighted by Crippen LogP contribution is -2.20. The number of carbonyl (C=O) groups is 7. The second-order valence-corrected chi connectivity index (χ2v) is 16.9. The summed E-state index contributed by atoms with van der Waals surface area (Å²) >= 11 is 10.4. The lowest BCUT2D eigenvalue weighted by molar-refractivity contribution is 0.0453. The second-order valence-electron chi connectivity index (χ2n) is 16.2. The topological polar surface area (TPSA) is 222 Å². The third kappa shape index (κ3) is 14.4. The molecule has 0 fully saturated rings. The van der Waals surface area contributed by atoms with Gasteiger partial charge in [-0.25, -0.2) is 14.4 Å². The Morgan fingerprint density at radius 1 is 0.425 bits per heavy atom. The minimum atomic E-state index is -0.610. The van der Waals surface area contributed by atoms with Crippen LogP contribution in [0.1, 0.15) is 90.1 Å². The van der Waals surface area contributed by atoms with E-state index in [1.165, 1.54) is 45.5 Å². The Bertz CT molecular complexity index is 3100. The molecule has 0 unspecified atom stereocenters. The summed E-state index contributed by atoms with van der Waals surface area (Å²) in [6.07, 6.45) is 4.88. The third-order valence-electron chi connectivity index (χ3n) is 10.9. The van der Waals surface area contributed by atoms with Crippen molar-refractivity contribution in [3.05, 3.63) is 209 Å². The summed E-state index contributed by atoms with van der Waals surface area (Å²) in [5.41, 5.74) is 11.6. The molecular weight excluding hydrogens is 980 g/mol. The summed E-state index contributed by atoms with van der Waals surface area (Å²) in [5, 5.41) is 4.31. The first kappa shape index (κ1) is 53.5. The molecule has 5 aromatic heterocycles. The monoisotopic (exact) mass is 1030 g/mol. The van der Waals surface area contributed by atoms with Crippen molar-refractivity contribution in [3.63, 3.8) is 0 Å². The van der Waals surface area contributed by atoms with E-state index in [4.69, 9.17) is 43.1 Å². The molecule has 0 saturated heterocycles. The Hall–Kier alpha value is -8.87. The van der Waals surface area contributed by atoms with Crippen LogP contribution in [0.4, 0.5) is 17.1 Å². The molecule has 0 radical (unpaired) electrons. The summed E-state index contributed by atoms with van der Waals surface area (Å²) in [7, 11) is 8.26. The summed E-state index contributed by atoms with van der Waals surface area (Å²) in [6, 6.07) is 38.8. The summed E-state index contributed by atoms with van der Waals surface area (Å²) in [4.78, 5) is 84.5. The molecule has 0 bridgehead atoms. The van der Waals surface area contributed by atoms with Crippen molar-refractivity contribution in [2.24, 2.45) is 35.2 Å². The third-order valence-corrected chi connectivity index (χ3v) is 11.3. The highest BCUT2D eigenvalue weighted by molar-refractivity contribution is 6.68. The van der Waals surface area contributed by atoms with Gasteiger partial charge >= 0.3 is 17.9 Å². The van der Waals surface area contributed by atoms with Crippen LogP contribution in [-0.2, 0) is 69.3 Å². The van der Waals surface area contributed by atoms with Crippen LogP contribution < -0.4 is 16.4 Å². The van der Waals surface area contributed by atoms with Gasteiger partial charge in [0.15, 0.2) is 0 Å². The van der Waals surface area contributed by atoms with Crippen LogP contribution in [0.5, 0.6) is 0 Å². The minimum absolute atomic E-state index is 0.128. The largest absolute Gasteiger partial charge is 0.456 e. The zero-order valence-electron chi connectivity index (χ0n) is 40.2. The first-order valence-electron chi connectivity index (χ1n) is 22.1. The molecule has 18 nitrogen and oxygen atoms in total. The fraction of sp³-hybridized carbons (Fsp3) is 0.151. The quantitative estimate of drug-likeness (QED) is 0.0501. The van der Waals surface area contributed by atoms with E-state index in [0.29, 0.717) is 22.8 Å². The summed E-state index contributed by atoms with van der Waals surface area (Å²) in [6.45, 7) is 0.525. The molecule has 0 saturated carbocycles. The highest BCUT2D eigenvalue weighted by atomic mass is 35.5. The van der Waals surface area contributed by atoms with Gasteiger partial charge in [0, 0.05) is 53.8 Å². The van der Waals surface area contributed by atoms with Crippen LogP contribution in [0.25, 0.3) is 0 Å². The van der Waals surface area contributed by atoms with Crippen molar-refractivity contribution < 1.29 is 47.8 Å².